The summed E-state index contributed by atoms with van der Waals surface area (Å²) in [5.41, 5.74) is 10.6. The lowest BCUT2D eigenvalue weighted by Gasteiger charge is -2.08. The second kappa shape index (κ2) is 6.30. The lowest BCUT2D eigenvalue weighted by atomic mass is 10.1. The molecule has 1 rings (SSSR count). The van der Waals surface area contributed by atoms with E-state index in [1.54, 1.807) is 12.1 Å². The third-order valence-electron chi connectivity index (χ3n) is 2.25. The molecule has 0 atom stereocenters. The van der Waals surface area contributed by atoms with Crippen molar-refractivity contribution in [2.45, 2.75) is 0 Å². The first kappa shape index (κ1) is 15.1. The highest BCUT2D eigenvalue weighted by Gasteiger charge is 2.17. The Morgan fingerprint density at radius 1 is 1.21 bits per heavy atom. The zero-order valence-corrected chi connectivity index (χ0v) is 10.9. The summed E-state index contributed by atoms with van der Waals surface area (Å²) < 4.78 is 22.8. The minimum absolute atomic E-state index is 0.0481. The van der Waals surface area contributed by atoms with Crippen LogP contribution in [0.3, 0.4) is 0 Å². The molecule has 0 spiro atoms. The van der Waals surface area contributed by atoms with Crippen molar-refractivity contribution in [3.8, 4) is 0 Å². The van der Waals surface area contributed by atoms with Crippen molar-refractivity contribution in [3.63, 3.8) is 0 Å². The molecule has 0 aliphatic carbocycles. The first-order chi connectivity index (χ1) is 8.85. The Bertz CT molecular complexity index is 583. The lowest BCUT2D eigenvalue weighted by Crippen LogP contribution is -2.28. The van der Waals surface area contributed by atoms with Gasteiger partial charge in [0.1, 0.15) is 5.75 Å². The molecule has 19 heavy (non-hydrogen) atoms. The van der Waals surface area contributed by atoms with Crippen molar-refractivity contribution in [3.05, 3.63) is 29.8 Å². The summed E-state index contributed by atoms with van der Waals surface area (Å²) in [5.74, 6) is -2.39. The molecule has 0 aliphatic rings. The van der Waals surface area contributed by atoms with Crippen LogP contribution in [-0.4, -0.2) is 38.3 Å². The van der Waals surface area contributed by atoms with E-state index in [9.17, 15) is 18.0 Å². The number of hydrogen-bond donors (Lipinski definition) is 3. The number of nitrogens with two attached hydrogens (primary N) is 2. The lowest BCUT2D eigenvalue weighted by molar-refractivity contribution is -0.113. The molecule has 0 saturated carbocycles. The van der Waals surface area contributed by atoms with E-state index in [4.69, 9.17) is 11.5 Å². The van der Waals surface area contributed by atoms with Gasteiger partial charge in [-0.1, -0.05) is 12.1 Å². The maximum atomic E-state index is 11.6. The quantitative estimate of drug-likeness (QED) is 0.623. The van der Waals surface area contributed by atoms with Gasteiger partial charge in [-0.15, -0.1) is 0 Å². The Hall–Kier alpha value is -1.93. The van der Waals surface area contributed by atoms with Crippen LogP contribution in [0, 0.1) is 0 Å². The maximum absolute atomic E-state index is 11.6. The van der Waals surface area contributed by atoms with Crippen molar-refractivity contribution in [2.75, 3.05) is 23.4 Å². The Morgan fingerprint density at radius 3 is 2.42 bits per heavy atom. The van der Waals surface area contributed by atoms with Crippen LogP contribution in [0.5, 0.6) is 0 Å². The van der Waals surface area contributed by atoms with Gasteiger partial charge in [-0.05, 0) is 12.1 Å². The molecule has 5 N–H and O–H groups in total. The van der Waals surface area contributed by atoms with Crippen LogP contribution in [0.1, 0.15) is 10.4 Å². The Balaban J connectivity index is 2.81. The molecular formula is C11H15N3O4S. The molecule has 0 heterocycles. The molecular weight excluding hydrogens is 270 g/mol. The van der Waals surface area contributed by atoms with Crippen molar-refractivity contribution >= 4 is 27.3 Å². The van der Waals surface area contributed by atoms with Gasteiger partial charge in [-0.25, -0.2) is 8.42 Å². The first-order valence-electron chi connectivity index (χ1n) is 5.45. The van der Waals surface area contributed by atoms with E-state index in [0.29, 0.717) is 0 Å². The fraction of sp³-hybridized carbons (Fsp3) is 0.273. The molecule has 0 fully saturated rings. The molecule has 0 unspecified atom stereocenters. The molecule has 104 valence electrons. The average molecular weight is 285 g/mol. The van der Waals surface area contributed by atoms with Gasteiger partial charge in [0.2, 0.25) is 5.91 Å². The fourth-order valence-corrected chi connectivity index (χ4v) is 2.42. The van der Waals surface area contributed by atoms with Gasteiger partial charge in [0.05, 0.1) is 17.0 Å². The van der Waals surface area contributed by atoms with Crippen molar-refractivity contribution in [1.29, 1.82) is 0 Å². The summed E-state index contributed by atoms with van der Waals surface area (Å²) >= 11 is 0. The third-order valence-corrected chi connectivity index (χ3v) is 3.81. The molecule has 8 heteroatoms. The standard InChI is InChI=1S/C11H15N3O4S/c12-5-6-19(17,18)7-10(15)14-9-4-2-1-3-8(9)11(13)16/h1-4H,5-7,12H2,(H2,13,16)(H,14,15). The van der Waals surface area contributed by atoms with Crippen LogP contribution in [0.15, 0.2) is 24.3 Å². The molecule has 0 bridgehead atoms. The minimum Gasteiger partial charge on any atom is -0.366 e. The van der Waals surface area contributed by atoms with E-state index in [1.165, 1.54) is 12.1 Å². The third kappa shape index (κ3) is 4.68. The topological polar surface area (TPSA) is 132 Å². The van der Waals surface area contributed by atoms with Gasteiger partial charge in [0.15, 0.2) is 9.84 Å². The van der Waals surface area contributed by atoms with E-state index >= 15 is 0 Å². The monoisotopic (exact) mass is 285 g/mol. The predicted octanol–water partition coefficient (Wildman–Crippen LogP) is -0.902. The molecule has 7 nitrogen and oxygen atoms in total. The Labute approximate surface area is 110 Å². The van der Waals surface area contributed by atoms with Crippen LogP contribution in [-0.2, 0) is 14.6 Å². The van der Waals surface area contributed by atoms with Gasteiger partial charge < -0.3 is 16.8 Å². The molecule has 0 aliphatic heterocycles. The van der Waals surface area contributed by atoms with Crippen LogP contribution >= 0.6 is 0 Å². The largest absolute Gasteiger partial charge is 0.366 e. The van der Waals surface area contributed by atoms with Crippen LogP contribution in [0.4, 0.5) is 5.69 Å². The van der Waals surface area contributed by atoms with E-state index in [0.717, 1.165) is 0 Å². The van der Waals surface area contributed by atoms with Crippen LogP contribution in [0.25, 0.3) is 0 Å². The highest BCUT2D eigenvalue weighted by atomic mass is 32.2. The number of anilines is 1. The minimum atomic E-state index is -3.54. The number of amides is 2. The fourth-order valence-electron chi connectivity index (χ4n) is 1.44. The molecule has 0 aromatic heterocycles. The average Bonchev–Trinajstić information content (AvgIpc) is 2.28. The number of hydrogen-bond acceptors (Lipinski definition) is 5. The number of rotatable bonds is 6. The van der Waals surface area contributed by atoms with E-state index in [1.807, 2.05) is 0 Å². The first-order valence-corrected chi connectivity index (χ1v) is 7.27. The normalized spacial score (nSPS) is 11.0. The number of nitrogens with one attached hydrogen (secondary N) is 1. The summed E-state index contributed by atoms with van der Waals surface area (Å²) in [6, 6.07) is 6.08. The number of sulfone groups is 1. The van der Waals surface area contributed by atoms with E-state index < -0.39 is 27.4 Å². The number of benzene rings is 1. The second-order valence-electron chi connectivity index (χ2n) is 3.84. The highest BCUT2D eigenvalue weighted by molar-refractivity contribution is 7.92. The molecule has 0 radical (unpaired) electrons. The van der Waals surface area contributed by atoms with Gasteiger partial charge in [0, 0.05) is 6.54 Å². The summed E-state index contributed by atoms with van der Waals surface area (Å²) in [4.78, 5) is 22.7. The van der Waals surface area contributed by atoms with Crippen molar-refractivity contribution < 1.29 is 18.0 Å². The summed E-state index contributed by atoms with van der Waals surface area (Å²) in [6.45, 7) is -0.0481. The van der Waals surface area contributed by atoms with E-state index in [-0.39, 0.29) is 23.5 Å². The van der Waals surface area contributed by atoms with Gasteiger partial charge in [0.25, 0.3) is 5.91 Å². The highest BCUT2D eigenvalue weighted by Crippen LogP contribution is 2.14. The SMILES string of the molecule is NCCS(=O)(=O)CC(=O)Nc1ccccc1C(N)=O. The zero-order chi connectivity index (χ0) is 14.5. The molecule has 0 saturated heterocycles. The van der Waals surface area contributed by atoms with Gasteiger partial charge >= 0.3 is 0 Å². The maximum Gasteiger partial charge on any atom is 0.250 e. The number of carbonyl (C=O) groups is 2. The van der Waals surface area contributed by atoms with Crippen molar-refractivity contribution in [2.24, 2.45) is 11.5 Å². The predicted molar refractivity (Wildman–Crippen MR) is 71.3 cm³/mol. The van der Waals surface area contributed by atoms with Gasteiger partial charge in [-0.3, -0.25) is 9.59 Å². The summed E-state index contributed by atoms with van der Waals surface area (Å²) in [6.07, 6.45) is 0. The molecule has 2 amide bonds. The zero-order valence-electron chi connectivity index (χ0n) is 10.1. The van der Waals surface area contributed by atoms with Crippen LogP contribution < -0.4 is 16.8 Å². The number of para-hydroxylation sites is 1. The number of carbonyl (C=O) groups excluding carboxylic acids is 2. The molecule has 1 aromatic rings. The smallest absolute Gasteiger partial charge is 0.250 e. The number of primary amides is 1. The second-order valence-corrected chi connectivity index (χ2v) is 6.02. The van der Waals surface area contributed by atoms with Gasteiger partial charge in [-0.2, -0.15) is 0 Å². The van der Waals surface area contributed by atoms with Crippen molar-refractivity contribution in [1.82, 2.24) is 0 Å². The molecule has 1 aromatic carbocycles. The Kier molecular flexibility index (Phi) is 5.02. The summed E-state index contributed by atoms with van der Waals surface area (Å²) in [5, 5.41) is 2.35. The van der Waals surface area contributed by atoms with Crippen LogP contribution in [0.2, 0.25) is 0 Å². The van der Waals surface area contributed by atoms with E-state index in [2.05, 4.69) is 5.32 Å². The Morgan fingerprint density at radius 2 is 1.84 bits per heavy atom. The summed E-state index contributed by atoms with van der Waals surface area (Å²) in [7, 11) is -3.54.